The Morgan fingerprint density at radius 1 is 1.20 bits per heavy atom. The molecular formula is C18H21N3O4. The fourth-order valence-electron chi connectivity index (χ4n) is 3.25. The smallest absolute Gasteiger partial charge is 0.246 e. The predicted octanol–water partition coefficient (Wildman–Crippen LogP) is 3.09. The Morgan fingerprint density at radius 2 is 2.08 bits per heavy atom. The number of aromatic nitrogens is 2. The van der Waals surface area contributed by atoms with Crippen molar-refractivity contribution in [2.45, 2.75) is 32.6 Å². The number of aryl methyl sites for hydroxylation is 1. The minimum Gasteiger partial charge on any atom is -0.497 e. The van der Waals surface area contributed by atoms with Gasteiger partial charge in [0.2, 0.25) is 11.8 Å². The van der Waals surface area contributed by atoms with Crippen LogP contribution in [-0.4, -0.2) is 41.4 Å². The lowest BCUT2D eigenvalue weighted by atomic mass is 10.2. The van der Waals surface area contributed by atoms with E-state index in [9.17, 15) is 0 Å². The second-order valence-electron chi connectivity index (χ2n) is 6.41. The zero-order valence-electron chi connectivity index (χ0n) is 14.6. The van der Waals surface area contributed by atoms with Crippen molar-refractivity contribution in [2.24, 2.45) is 0 Å². The van der Waals surface area contributed by atoms with Gasteiger partial charge in [-0.1, -0.05) is 0 Å². The molecule has 2 aromatic heterocycles. The van der Waals surface area contributed by atoms with Gasteiger partial charge in [-0.15, -0.1) is 10.2 Å². The SMILES string of the molecule is COc1ccc2oc(CN3C[C@@H](C)O[C@@H](c4nnc(C)o4)C3)cc2c1. The summed E-state index contributed by atoms with van der Waals surface area (Å²) in [7, 11) is 1.66. The van der Waals surface area contributed by atoms with Gasteiger partial charge in [-0.2, -0.15) is 0 Å². The fourth-order valence-corrected chi connectivity index (χ4v) is 3.25. The molecule has 1 aliphatic rings. The first kappa shape index (κ1) is 16.1. The highest BCUT2D eigenvalue weighted by molar-refractivity contribution is 5.79. The highest BCUT2D eigenvalue weighted by Gasteiger charge is 2.30. The lowest BCUT2D eigenvalue weighted by Gasteiger charge is -2.34. The van der Waals surface area contributed by atoms with Gasteiger partial charge in [0.15, 0.2) is 0 Å². The number of hydrogen-bond donors (Lipinski definition) is 0. The number of fused-ring (bicyclic) bond motifs is 1. The topological polar surface area (TPSA) is 73.8 Å². The van der Waals surface area contributed by atoms with Crippen molar-refractivity contribution in [3.63, 3.8) is 0 Å². The summed E-state index contributed by atoms with van der Waals surface area (Å²) in [6, 6.07) is 7.88. The molecule has 0 radical (unpaired) electrons. The third kappa shape index (κ3) is 3.38. The van der Waals surface area contributed by atoms with Crippen LogP contribution in [0.1, 0.15) is 30.6 Å². The fraction of sp³-hybridized carbons (Fsp3) is 0.444. The van der Waals surface area contributed by atoms with Crippen LogP contribution < -0.4 is 4.74 Å². The molecule has 7 nitrogen and oxygen atoms in total. The van der Waals surface area contributed by atoms with Crippen LogP contribution in [-0.2, 0) is 11.3 Å². The Hall–Kier alpha value is -2.38. The largest absolute Gasteiger partial charge is 0.497 e. The first-order valence-corrected chi connectivity index (χ1v) is 8.35. The number of nitrogens with zero attached hydrogens (tertiary/aromatic N) is 3. The maximum absolute atomic E-state index is 5.96. The predicted molar refractivity (Wildman–Crippen MR) is 90.4 cm³/mol. The second kappa shape index (κ2) is 6.50. The normalized spacial score (nSPS) is 21.7. The Labute approximate surface area is 145 Å². The summed E-state index contributed by atoms with van der Waals surface area (Å²) in [5.74, 6) is 2.82. The Balaban J connectivity index is 1.51. The zero-order valence-corrected chi connectivity index (χ0v) is 14.6. The van der Waals surface area contributed by atoms with Crippen LogP contribution >= 0.6 is 0 Å². The molecule has 7 heteroatoms. The third-order valence-electron chi connectivity index (χ3n) is 4.31. The van der Waals surface area contributed by atoms with Crippen molar-refractivity contribution in [1.29, 1.82) is 0 Å². The molecule has 0 saturated carbocycles. The Morgan fingerprint density at radius 3 is 2.84 bits per heavy atom. The molecule has 25 heavy (non-hydrogen) atoms. The van der Waals surface area contributed by atoms with Gasteiger partial charge >= 0.3 is 0 Å². The number of morpholine rings is 1. The van der Waals surface area contributed by atoms with Crippen molar-refractivity contribution < 1.29 is 18.3 Å². The quantitative estimate of drug-likeness (QED) is 0.720. The lowest BCUT2D eigenvalue weighted by Crippen LogP contribution is -2.42. The van der Waals surface area contributed by atoms with E-state index in [-0.39, 0.29) is 12.2 Å². The first-order chi connectivity index (χ1) is 12.1. The summed E-state index contributed by atoms with van der Waals surface area (Å²) >= 11 is 0. The molecule has 3 heterocycles. The van der Waals surface area contributed by atoms with E-state index in [2.05, 4.69) is 21.2 Å². The zero-order chi connectivity index (χ0) is 17.4. The minimum absolute atomic E-state index is 0.0791. The molecule has 0 N–H and O–H groups in total. The summed E-state index contributed by atoms with van der Waals surface area (Å²) < 4.78 is 22.7. The van der Waals surface area contributed by atoms with E-state index >= 15 is 0 Å². The molecule has 1 saturated heterocycles. The van der Waals surface area contributed by atoms with E-state index in [0.29, 0.717) is 24.9 Å². The third-order valence-corrected chi connectivity index (χ3v) is 4.31. The minimum atomic E-state index is -0.213. The molecule has 3 aromatic rings. The van der Waals surface area contributed by atoms with Crippen LogP contribution in [0.2, 0.25) is 0 Å². The summed E-state index contributed by atoms with van der Waals surface area (Å²) in [4.78, 5) is 2.29. The highest BCUT2D eigenvalue weighted by atomic mass is 16.5. The summed E-state index contributed by atoms with van der Waals surface area (Å²) in [6.45, 7) is 6.04. The molecular weight excluding hydrogens is 322 g/mol. The van der Waals surface area contributed by atoms with E-state index < -0.39 is 0 Å². The van der Waals surface area contributed by atoms with Crippen molar-refractivity contribution >= 4 is 11.0 Å². The maximum atomic E-state index is 5.96. The summed E-state index contributed by atoms with van der Waals surface area (Å²) in [6.07, 6.45) is -0.134. The van der Waals surface area contributed by atoms with E-state index in [0.717, 1.165) is 29.0 Å². The average molecular weight is 343 g/mol. The lowest BCUT2D eigenvalue weighted by molar-refractivity contribution is -0.0928. The van der Waals surface area contributed by atoms with Crippen LogP contribution in [0.25, 0.3) is 11.0 Å². The van der Waals surface area contributed by atoms with Crippen molar-refractivity contribution in [3.8, 4) is 5.75 Å². The molecule has 132 valence electrons. The summed E-state index contributed by atoms with van der Waals surface area (Å²) in [5, 5.41) is 9.03. The van der Waals surface area contributed by atoms with Gasteiger partial charge in [0.25, 0.3) is 0 Å². The van der Waals surface area contributed by atoms with Gasteiger partial charge in [0.05, 0.1) is 19.8 Å². The molecule has 1 aromatic carbocycles. The summed E-state index contributed by atoms with van der Waals surface area (Å²) in [5.41, 5.74) is 0.862. The van der Waals surface area contributed by atoms with Crippen LogP contribution in [0.15, 0.2) is 33.1 Å². The maximum Gasteiger partial charge on any atom is 0.246 e. The molecule has 0 spiro atoms. The van der Waals surface area contributed by atoms with E-state index in [4.69, 9.17) is 18.3 Å². The van der Waals surface area contributed by atoms with Crippen molar-refractivity contribution in [1.82, 2.24) is 15.1 Å². The number of furan rings is 1. The number of hydrogen-bond acceptors (Lipinski definition) is 7. The number of benzene rings is 1. The van der Waals surface area contributed by atoms with Gasteiger partial charge in [0.1, 0.15) is 23.2 Å². The van der Waals surface area contributed by atoms with Crippen LogP contribution in [0.5, 0.6) is 5.75 Å². The highest BCUT2D eigenvalue weighted by Crippen LogP contribution is 2.28. The molecule has 0 amide bonds. The standard InChI is InChI=1S/C18H21N3O4/c1-11-8-21(10-17(23-11)18-20-19-12(2)24-18)9-15-7-13-6-14(22-3)4-5-16(13)25-15/h4-7,11,17H,8-10H2,1-3H3/t11-,17-/m1/s1. The number of ether oxygens (including phenoxy) is 2. The van der Waals surface area contributed by atoms with Gasteiger partial charge in [-0.05, 0) is 31.2 Å². The molecule has 1 aliphatic heterocycles. The van der Waals surface area contributed by atoms with E-state index in [1.165, 1.54) is 0 Å². The van der Waals surface area contributed by atoms with Crippen molar-refractivity contribution in [3.05, 3.63) is 41.8 Å². The number of rotatable bonds is 4. The molecule has 0 aliphatic carbocycles. The van der Waals surface area contributed by atoms with Crippen LogP contribution in [0.3, 0.4) is 0 Å². The first-order valence-electron chi connectivity index (χ1n) is 8.35. The van der Waals surface area contributed by atoms with E-state index in [1.807, 2.05) is 25.1 Å². The molecule has 4 rings (SSSR count). The van der Waals surface area contributed by atoms with Crippen molar-refractivity contribution in [2.75, 3.05) is 20.2 Å². The van der Waals surface area contributed by atoms with Gasteiger partial charge in [0, 0.05) is 25.4 Å². The number of methoxy groups -OCH3 is 1. The Kier molecular flexibility index (Phi) is 4.19. The molecule has 1 fully saturated rings. The second-order valence-corrected chi connectivity index (χ2v) is 6.41. The van der Waals surface area contributed by atoms with E-state index in [1.54, 1.807) is 14.0 Å². The van der Waals surface area contributed by atoms with Crippen LogP contribution in [0.4, 0.5) is 0 Å². The van der Waals surface area contributed by atoms with Crippen LogP contribution in [0, 0.1) is 6.92 Å². The molecule has 2 atom stereocenters. The van der Waals surface area contributed by atoms with Gasteiger partial charge in [-0.25, -0.2) is 0 Å². The Bertz CT molecular complexity index is 872. The van der Waals surface area contributed by atoms with Gasteiger partial charge in [-0.3, -0.25) is 4.90 Å². The molecule has 0 bridgehead atoms. The van der Waals surface area contributed by atoms with Gasteiger partial charge < -0.3 is 18.3 Å². The average Bonchev–Trinajstić information content (AvgIpc) is 3.19. The molecule has 0 unspecified atom stereocenters. The monoisotopic (exact) mass is 343 g/mol.